The van der Waals surface area contributed by atoms with E-state index in [9.17, 15) is 9.59 Å². The third-order valence-corrected chi connectivity index (χ3v) is 4.97. The van der Waals surface area contributed by atoms with Gasteiger partial charge >= 0.3 is 0 Å². The Morgan fingerprint density at radius 3 is 2.41 bits per heavy atom. The van der Waals surface area contributed by atoms with Crippen molar-refractivity contribution >= 4 is 34.0 Å². The van der Waals surface area contributed by atoms with Gasteiger partial charge in [0.05, 0.1) is 6.54 Å². The van der Waals surface area contributed by atoms with Crippen LogP contribution in [0, 0.1) is 0 Å². The number of hydrogen-bond donors (Lipinski definition) is 3. The van der Waals surface area contributed by atoms with Crippen LogP contribution in [0.2, 0.25) is 0 Å². The first kappa shape index (κ1) is 17.1. The van der Waals surface area contributed by atoms with Crippen molar-refractivity contribution in [1.29, 1.82) is 0 Å². The van der Waals surface area contributed by atoms with E-state index in [1.807, 2.05) is 0 Å². The maximum atomic E-state index is 12.3. The van der Waals surface area contributed by atoms with E-state index in [1.165, 1.54) is 21.9 Å². The van der Waals surface area contributed by atoms with Crippen molar-refractivity contribution in [3.63, 3.8) is 0 Å². The molecule has 4 rings (SSSR count). The monoisotopic (exact) mass is 359 g/mol. The standard InChI is InChI=1S/C22H21N3O2/c1-23-22(27)16-7-10-17(11-8-16)25-20(26)13-24-19-12-9-15-6-5-14-3-2-4-18(19)21(14)15/h2-4,7-12,24H,5-6,13H2,1H3,(H,23,27)(H,25,26). The lowest BCUT2D eigenvalue weighted by atomic mass is 10.0. The minimum atomic E-state index is -0.151. The summed E-state index contributed by atoms with van der Waals surface area (Å²) in [7, 11) is 1.59. The summed E-state index contributed by atoms with van der Waals surface area (Å²) in [6.07, 6.45) is 2.17. The molecule has 0 atom stereocenters. The zero-order chi connectivity index (χ0) is 18.8. The zero-order valence-corrected chi connectivity index (χ0v) is 15.1. The number of aryl methyl sites for hydroxylation is 2. The number of benzene rings is 3. The molecule has 0 unspecified atom stereocenters. The summed E-state index contributed by atoms with van der Waals surface area (Å²) in [5.74, 6) is -0.285. The van der Waals surface area contributed by atoms with Crippen LogP contribution in [0.5, 0.6) is 0 Å². The van der Waals surface area contributed by atoms with Crippen LogP contribution in [0.4, 0.5) is 11.4 Å². The molecule has 0 radical (unpaired) electrons. The third kappa shape index (κ3) is 3.36. The maximum Gasteiger partial charge on any atom is 0.251 e. The second-order valence-electron chi connectivity index (χ2n) is 6.67. The third-order valence-electron chi connectivity index (χ3n) is 4.97. The van der Waals surface area contributed by atoms with E-state index in [4.69, 9.17) is 0 Å². The fourth-order valence-corrected chi connectivity index (χ4v) is 3.63. The number of anilines is 2. The highest BCUT2D eigenvalue weighted by atomic mass is 16.2. The van der Waals surface area contributed by atoms with E-state index in [0.29, 0.717) is 11.3 Å². The van der Waals surface area contributed by atoms with Gasteiger partial charge in [0.1, 0.15) is 0 Å². The van der Waals surface area contributed by atoms with Gasteiger partial charge in [0.15, 0.2) is 0 Å². The van der Waals surface area contributed by atoms with Crippen LogP contribution in [-0.4, -0.2) is 25.4 Å². The van der Waals surface area contributed by atoms with Crippen LogP contribution in [-0.2, 0) is 17.6 Å². The molecule has 0 aromatic heterocycles. The second kappa shape index (κ2) is 7.11. The van der Waals surface area contributed by atoms with Crippen LogP contribution in [0.3, 0.4) is 0 Å². The summed E-state index contributed by atoms with van der Waals surface area (Å²) in [5.41, 5.74) is 4.96. The van der Waals surface area contributed by atoms with E-state index < -0.39 is 0 Å². The summed E-state index contributed by atoms with van der Waals surface area (Å²) >= 11 is 0. The molecule has 27 heavy (non-hydrogen) atoms. The summed E-state index contributed by atoms with van der Waals surface area (Å²) in [4.78, 5) is 23.8. The van der Waals surface area contributed by atoms with Gasteiger partial charge in [-0.2, -0.15) is 0 Å². The van der Waals surface area contributed by atoms with E-state index in [2.05, 4.69) is 46.3 Å². The largest absolute Gasteiger partial charge is 0.376 e. The van der Waals surface area contributed by atoms with Gasteiger partial charge in [-0.25, -0.2) is 0 Å². The van der Waals surface area contributed by atoms with Crippen molar-refractivity contribution in [2.24, 2.45) is 0 Å². The minimum Gasteiger partial charge on any atom is -0.376 e. The lowest BCUT2D eigenvalue weighted by molar-refractivity contribution is -0.114. The molecule has 3 aromatic rings. The van der Waals surface area contributed by atoms with Crippen LogP contribution in [0.1, 0.15) is 21.5 Å². The predicted octanol–water partition coefficient (Wildman–Crippen LogP) is 3.35. The molecule has 3 aromatic carbocycles. The molecule has 5 heteroatoms. The van der Waals surface area contributed by atoms with Crippen molar-refractivity contribution in [3.05, 3.63) is 71.3 Å². The number of amides is 2. The lowest BCUT2D eigenvalue weighted by Crippen LogP contribution is -2.22. The summed E-state index contributed by atoms with van der Waals surface area (Å²) in [6.45, 7) is 0.176. The topological polar surface area (TPSA) is 70.2 Å². The molecule has 2 amide bonds. The molecule has 3 N–H and O–H groups in total. The van der Waals surface area contributed by atoms with Crippen molar-refractivity contribution in [1.82, 2.24) is 5.32 Å². The Balaban J connectivity index is 1.43. The minimum absolute atomic E-state index is 0.133. The van der Waals surface area contributed by atoms with Gasteiger partial charge in [-0.1, -0.05) is 24.3 Å². The Labute approximate surface area is 157 Å². The van der Waals surface area contributed by atoms with Gasteiger partial charge in [0.25, 0.3) is 5.91 Å². The highest BCUT2D eigenvalue weighted by Crippen LogP contribution is 2.34. The number of hydrogen-bond acceptors (Lipinski definition) is 3. The Hall–Kier alpha value is -3.34. The quantitative estimate of drug-likeness (QED) is 0.654. The zero-order valence-electron chi connectivity index (χ0n) is 15.1. The fraction of sp³-hybridized carbons (Fsp3) is 0.182. The Morgan fingerprint density at radius 2 is 1.67 bits per heavy atom. The highest BCUT2D eigenvalue weighted by Gasteiger charge is 2.16. The van der Waals surface area contributed by atoms with Gasteiger partial charge in [-0.15, -0.1) is 0 Å². The first-order valence-corrected chi connectivity index (χ1v) is 9.05. The number of carbonyl (C=O) groups is 2. The maximum absolute atomic E-state index is 12.3. The van der Waals surface area contributed by atoms with Crippen LogP contribution < -0.4 is 16.0 Å². The average molecular weight is 359 g/mol. The molecule has 1 aliphatic carbocycles. The van der Waals surface area contributed by atoms with Crippen LogP contribution >= 0.6 is 0 Å². The second-order valence-corrected chi connectivity index (χ2v) is 6.67. The van der Waals surface area contributed by atoms with E-state index in [0.717, 1.165) is 18.5 Å². The molecular weight excluding hydrogens is 338 g/mol. The van der Waals surface area contributed by atoms with E-state index >= 15 is 0 Å². The molecule has 0 spiro atoms. The van der Waals surface area contributed by atoms with Crippen LogP contribution in [0.25, 0.3) is 10.8 Å². The van der Waals surface area contributed by atoms with Gasteiger partial charge in [-0.3, -0.25) is 9.59 Å². The summed E-state index contributed by atoms with van der Waals surface area (Å²) in [6, 6.07) is 17.4. The Kier molecular flexibility index (Phi) is 4.50. The Morgan fingerprint density at radius 1 is 0.926 bits per heavy atom. The van der Waals surface area contributed by atoms with Crippen molar-refractivity contribution in [2.75, 3.05) is 24.2 Å². The van der Waals surface area contributed by atoms with Gasteiger partial charge in [-0.05, 0) is 59.7 Å². The van der Waals surface area contributed by atoms with Crippen LogP contribution in [0.15, 0.2) is 54.6 Å². The van der Waals surface area contributed by atoms with Crippen molar-refractivity contribution < 1.29 is 9.59 Å². The van der Waals surface area contributed by atoms with E-state index in [-0.39, 0.29) is 18.4 Å². The molecule has 5 nitrogen and oxygen atoms in total. The highest BCUT2D eigenvalue weighted by molar-refractivity contribution is 6.01. The molecule has 0 aliphatic heterocycles. The van der Waals surface area contributed by atoms with Crippen molar-refractivity contribution in [2.45, 2.75) is 12.8 Å². The molecular formula is C22H21N3O2. The molecule has 136 valence electrons. The van der Waals surface area contributed by atoms with E-state index in [1.54, 1.807) is 31.3 Å². The number of carbonyl (C=O) groups excluding carboxylic acids is 2. The molecule has 0 bridgehead atoms. The first-order valence-electron chi connectivity index (χ1n) is 9.05. The smallest absolute Gasteiger partial charge is 0.251 e. The number of rotatable bonds is 5. The SMILES string of the molecule is CNC(=O)c1ccc(NC(=O)CNc2ccc3c4c(cccc24)CC3)cc1. The van der Waals surface area contributed by atoms with Gasteiger partial charge in [0.2, 0.25) is 5.91 Å². The normalized spacial score (nSPS) is 12.0. The summed E-state index contributed by atoms with van der Waals surface area (Å²) in [5, 5.41) is 11.2. The molecule has 0 fully saturated rings. The predicted molar refractivity (Wildman–Crippen MR) is 108 cm³/mol. The Bertz CT molecular complexity index is 1020. The molecule has 0 saturated heterocycles. The van der Waals surface area contributed by atoms with Gasteiger partial charge < -0.3 is 16.0 Å². The fourth-order valence-electron chi connectivity index (χ4n) is 3.63. The number of nitrogens with one attached hydrogen (secondary N) is 3. The van der Waals surface area contributed by atoms with Crippen molar-refractivity contribution in [3.8, 4) is 0 Å². The summed E-state index contributed by atoms with van der Waals surface area (Å²) < 4.78 is 0. The molecule has 0 saturated carbocycles. The molecule has 1 aliphatic rings. The lowest BCUT2D eigenvalue weighted by Gasteiger charge is -2.12. The average Bonchev–Trinajstić information content (AvgIpc) is 3.12. The van der Waals surface area contributed by atoms with Gasteiger partial charge in [0, 0.05) is 29.4 Å². The molecule has 0 heterocycles. The first-order chi connectivity index (χ1) is 13.2.